The van der Waals surface area contributed by atoms with Crippen LogP contribution in [0.5, 0.6) is 0 Å². The molecule has 2 heterocycles. The monoisotopic (exact) mass is 190 g/mol. The van der Waals surface area contributed by atoms with Crippen molar-refractivity contribution in [1.29, 1.82) is 0 Å². The van der Waals surface area contributed by atoms with E-state index in [9.17, 15) is 0 Å². The number of azide groups is 1. The largest absolute Gasteiger partial charge is 0.382 e. The fourth-order valence-electron chi connectivity index (χ4n) is 1.10. The molecule has 70 valence electrons. The first kappa shape index (κ1) is 8.27. The third-order valence-corrected chi connectivity index (χ3v) is 1.71. The van der Waals surface area contributed by atoms with Crippen molar-refractivity contribution in [3.8, 4) is 0 Å². The second kappa shape index (κ2) is 3.19. The number of hydrogen-bond donors (Lipinski definition) is 1. The molecule has 8 nitrogen and oxygen atoms in total. The number of nitrogens with two attached hydrogens (primary N) is 1. The van der Waals surface area contributed by atoms with Gasteiger partial charge in [-0.25, -0.2) is 15.0 Å². The first-order valence-corrected chi connectivity index (χ1v) is 3.75. The summed E-state index contributed by atoms with van der Waals surface area (Å²) >= 11 is 0. The molecule has 0 aromatic carbocycles. The van der Waals surface area contributed by atoms with Gasteiger partial charge in [0.25, 0.3) is 0 Å². The Kier molecular flexibility index (Phi) is 1.88. The Hall–Kier alpha value is -2.34. The number of fused-ring (bicyclic) bond motifs is 1. The first-order chi connectivity index (χ1) is 6.83. The lowest BCUT2D eigenvalue weighted by molar-refractivity contribution is 0.740. The highest BCUT2D eigenvalue weighted by Crippen LogP contribution is 2.13. The van der Waals surface area contributed by atoms with Crippen molar-refractivity contribution in [3.63, 3.8) is 0 Å². The van der Waals surface area contributed by atoms with Crippen LogP contribution in [0.2, 0.25) is 0 Å². The van der Waals surface area contributed by atoms with Crippen LogP contribution in [0.3, 0.4) is 0 Å². The van der Waals surface area contributed by atoms with Crippen molar-refractivity contribution in [2.45, 2.75) is 6.67 Å². The standard InChI is InChI=1S/C6H6N8/c7-5-4-6(10-1-9-5)14(2-11-4)3-12-13-8/h1-2H,3H2,(H2,7,9,10). The van der Waals surface area contributed by atoms with E-state index >= 15 is 0 Å². The molecule has 2 aromatic heterocycles. The summed E-state index contributed by atoms with van der Waals surface area (Å²) in [6.45, 7) is 0.142. The quantitative estimate of drug-likeness (QED) is 0.425. The van der Waals surface area contributed by atoms with E-state index in [0.717, 1.165) is 0 Å². The fourth-order valence-corrected chi connectivity index (χ4v) is 1.10. The summed E-state index contributed by atoms with van der Waals surface area (Å²) in [5.74, 6) is 0.315. The molecule has 0 spiro atoms. The molecule has 0 aliphatic carbocycles. The van der Waals surface area contributed by atoms with Gasteiger partial charge in [0.15, 0.2) is 11.5 Å². The van der Waals surface area contributed by atoms with E-state index in [1.165, 1.54) is 12.7 Å². The van der Waals surface area contributed by atoms with Gasteiger partial charge in [0.1, 0.15) is 18.5 Å². The molecule has 2 aromatic rings. The van der Waals surface area contributed by atoms with Crippen LogP contribution < -0.4 is 5.73 Å². The maximum Gasteiger partial charge on any atom is 0.165 e. The molecule has 0 unspecified atom stereocenters. The average Bonchev–Trinajstić information content (AvgIpc) is 2.60. The van der Waals surface area contributed by atoms with Gasteiger partial charge >= 0.3 is 0 Å². The Balaban J connectivity index is 2.57. The highest BCUT2D eigenvalue weighted by Gasteiger charge is 2.05. The van der Waals surface area contributed by atoms with Gasteiger partial charge in [-0.1, -0.05) is 5.11 Å². The van der Waals surface area contributed by atoms with Gasteiger partial charge in [0, 0.05) is 4.91 Å². The Labute approximate surface area is 78.0 Å². The van der Waals surface area contributed by atoms with Crippen LogP contribution in [0.4, 0.5) is 5.82 Å². The van der Waals surface area contributed by atoms with Crippen LogP contribution in [-0.2, 0) is 6.67 Å². The lowest BCUT2D eigenvalue weighted by Crippen LogP contribution is -1.97. The van der Waals surface area contributed by atoms with E-state index in [1.54, 1.807) is 4.57 Å². The van der Waals surface area contributed by atoms with Crippen molar-refractivity contribution in [2.75, 3.05) is 5.73 Å². The summed E-state index contributed by atoms with van der Waals surface area (Å²) in [6.07, 6.45) is 2.84. The minimum Gasteiger partial charge on any atom is -0.382 e. The lowest BCUT2D eigenvalue weighted by atomic mass is 10.5. The smallest absolute Gasteiger partial charge is 0.165 e. The van der Waals surface area contributed by atoms with E-state index in [1.807, 2.05) is 0 Å². The summed E-state index contributed by atoms with van der Waals surface area (Å²) in [6, 6.07) is 0. The zero-order valence-corrected chi connectivity index (χ0v) is 7.07. The molecular formula is C6H6N8. The third-order valence-electron chi connectivity index (χ3n) is 1.71. The number of aromatic nitrogens is 4. The van der Waals surface area contributed by atoms with E-state index in [0.29, 0.717) is 17.0 Å². The Morgan fingerprint density at radius 1 is 1.50 bits per heavy atom. The van der Waals surface area contributed by atoms with E-state index in [2.05, 4.69) is 25.0 Å². The summed E-state index contributed by atoms with van der Waals surface area (Å²) in [7, 11) is 0. The van der Waals surface area contributed by atoms with E-state index in [4.69, 9.17) is 11.3 Å². The molecule has 2 rings (SSSR count). The number of rotatable bonds is 2. The zero-order valence-electron chi connectivity index (χ0n) is 7.07. The van der Waals surface area contributed by atoms with Crippen LogP contribution in [0.25, 0.3) is 21.6 Å². The lowest BCUT2D eigenvalue weighted by Gasteiger charge is -1.96. The van der Waals surface area contributed by atoms with E-state index in [-0.39, 0.29) is 6.67 Å². The molecule has 0 atom stereocenters. The van der Waals surface area contributed by atoms with Crippen molar-refractivity contribution >= 4 is 17.0 Å². The molecule has 0 saturated carbocycles. The number of nitrogen functional groups attached to an aromatic ring is 1. The maximum atomic E-state index is 8.16. The normalized spacial score (nSPS) is 10.0. The molecule has 2 N–H and O–H groups in total. The van der Waals surface area contributed by atoms with Gasteiger partial charge in [-0.05, 0) is 5.53 Å². The van der Waals surface area contributed by atoms with Gasteiger partial charge in [-0.3, -0.25) is 0 Å². The number of imidazole rings is 1. The predicted octanol–water partition coefficient (Wildman–Crippen LogP) is 0.676. The summed E-state index contributed by atoms with van der Waals surface area (Å²) < 4.78 is 1.59. The maximum absolute atomic E-state index is 8.16. The molecule has 0 fully saturated rings. The van der Waals surface area contributed by atoms with Gasteiger partial charge in [0.2, 0.25) is 0 Å². The molecule has 0 bridgehead atoms. The van der Waals surface area contributed by atoms with Crippen LogP contribution in [-0.4, -0.2) is 19.5 Å². The molecule has 8 heteroatoms. The topological polar surface area (TPSA) is 118 Å². The highest BCUT2D eigenvalue weighted by atomic mass is 15.2. The van der Waals surface area contributed by atoms with Gasteiger partial charge < -0.3 is 10.3 Å². The molecule has 0 radical (unpaired) electrons. The van der Waals surface area contributed by atoms with Gasteiger partial charge in [-0.2, -0.15) is 0 Å². The van der Waals surface area contributed by atoms with Crippen molar-refractivity contribution < 1.29 is 0 Å². The van der Waals surface area contributed by atoms with Crippen molar-refractivity contribution in [2.24, 2.45) is 5.11 Å². The molecule has 0 aliphatic heterocycles. The molecule has 0 saturated heterocycles. The number of hydrogen-bond acceptors (Lipinski definition) is 5. The number of anilines is 1. The molecule has 0 amide bonds. The molecule has 0 aliphatic rings. The van der Waals surface area contributed by atoms with Crippen LogP contribution in [0, 0.1) is 0 Å². The molecule has 14 heavy (non-hydrogen) atoms. The number of nitrogens with zero attached hydrogens (tertiary/aromatic N) is 7. The minimum absolute atomic E-state index is 0.142. The Morgan fingerprint density at radius 2 is 2.36 bits per heavy atom. The summed E-state index contributed by atoms with van der Waals surface area (Å²) in [4.78, 5) is 14.4. The SMILES string of the molecule is [N-]=[N+]=NCn1cnc2c(N)ncnc21. The average molecular weight is 190 g/mol. The predicted molar refractivity (Wildman–Crippen MR) is 48.9 cm³/mol. The van der Waals surface area contributed by atoms with Crippen LogP contribution >= 0.6 is 0 Å². The summed E-state index contributed by atoms with van der Waals surface area (Å²) in [5, 5.41) is 3.40. The fraction of sp³-hybridized carbons (Fsp3) is 0.167. The second-order valence-electron chi connectivity index (χ2n) is 2.52. The Morgan fingerprint density at radius 3 is 3.14 bits per heavy atom. The highest BCUT2D eigenvalue weighted by molar-refractivity contribution is 5.80. The van der Waals surface area contributed by atoms with Crippen LogP contribution in [0.15, 0.2) is 17.8 Å². The van der Waals surface area contributed by atoms with Crippen LogP contribution in [0.1, 0.15) is 0 Å². The van der Waals surface area contributed by atoms with Crippen molar-refractivity contribution in [3.05, 3.63) is 23.1 Å². The van der Waals surface area contributed by atoms with Gasteiger partial charge in [0.05, 0.1) is 6.33 Å². The molecular weight excluding hydrogens is 184 g/mol. The second-order valence-corrected chi connectivity index (χ2v) is 2.52. The minimum atomic E-state index is 0.142. The first-order valence-electron chi connectivity index (χ1n) is 3.75. The summed E-state index contributed by atoms with van der Waals surface area (Å²) in [5.41, 5.74) is 14.8. The third kappa shape index (κ3) is 1.19. The zero-order chi connectivity index (χ0) is 9.97. The van der Waals surface area contributed by atoms with E-state index < -0.39 is 0 Å². The Bertz CT molecular complexity index is 508. The van der Waals surface area contributed by atoms with Gasteiger partial charge in [-0.15, -0.1) is 0 Å². The van der Waals surface area contributed by atoms with Crippen molar-refractivity contribution in [1.82, 2.24) is 19.5 Å².